The number of benzene rings is 1. The maximum atomic E-state index is 11.1. The van der Waals surface area contributed by atoms with Crippen molar-refractivity contribution in [3.63, 3.8) is 0 Å². The zero-order valence-corrected chi connectivity index (χ0v) is 11.5. The van der Waals surface area contributed by atoms with Crippen molar-refractivity contribution in [1.29, 1.82) is 0 Å². The van der Waals surface area contributed by atoms with E-state index in [1.807, 2.05) is 30.3 Å². The van der Waals surface area contributed by atoms with Gasteiger partial charge in [-0.2, -0.15) is 0 Å². The fourth-order valence-corrected chi connectivity index (χ4v) is 1.86. The summed E-state index contributed by atoms with van der Waals surface area (Å²) in [4.78, 5) is 11.1. The van der Waals surface area contributed by atoms with Gasteiger partial charge < -0.3 is 0 Å². The van der Waals surface area contributed by atoms with Crippen molar-refractivity contribution >= 4 is 17.4 Å². The molecule has 1 unspecified atom stereocenters. The lowest BCUT2D eigenvalue weighted by Gasteiger charge is -2.10. The minimum Gasteiger partial charge on any atom is -0.295 e. The third-order valence-corrected chi connectivity index (χ3v) is 3.14. The van der Waals surface area contributed by atoms with Crippen LogP contribution in [0.3, 0.4) is 0 Å². The molecule has 1 aromatic rings. The predicted molar refractivity (Wildman–Crippen MR) is 77.9 cm³/mol. The molecule has 0 amide bonds. The topological polar surface area (TPSA) is 17.1 Å². The van der Waals surface area contributed by atoms with Crippen LogP contribution >= 0.6 is 11.6 Å². The van der Waals surface area contributed by atoms with Gasteiger partial charge in [-0.15, -0.1) is 0 Å². The minimum absolute atomic E-state index is 0.0626. The Bertz CT molecular complexity index is 417. The molecule has 0 aromatic heterocycles. The van der Waals surface area contributed by atoms with E-state index < -0.39 is 0 Å². The first-order valence-electron chi connectivity index (χ1n) is 6.22. The van der Waals surface area contributed by atoms with Crippen LogP contribution in [-0.4, -0.2) is 5.78 Å². The maximum absolute atomic E-state index is 11.1. The lowest BCUT2D eigenvalue weighted by molar-refractivity contribution is -0.113. The van der Waals surface area contributed by atoms with Gasteiger partial charge in [0.1, 0.15) is 0 Å². The summed E-state index contributed by atoms with van der Waals surface area (Å²) in [5.41, 5.74) is 1.27. The molecule has 1 nitrogen and oxygen atoms in total. The van der Waals surface area contributed by atoms with Gasteiger partial charge in [-0.05, 0) is 42.5 Å². The average molecular weight is 263 g/mol. The summed E-state index contributed by atoms with van der Waals surface area (Å²) in [5, 5.41) is 0.763. The zero-order chi connectivity index (χ0) is 13.4. The van der Waals surface area contributed by atoms with Crippen LogP contribution in [0.5, 0.6) is 0 Å². The highest BCUT2D eigenvalue weighted by Crippen LogP contribution is 2.16. The Balaban J connectivity index is 2.53. The first-order chi connectivity index (χ1) is 8.65. The van der Waals surface area contributed by atoms with Crippen molar-refractivity contribution in [3.8, 4) is 0 Å². The summed E-state index contributed by atoms with van der Waals surface area (Å²) < 4.78 is 0. The Hall–Kier alpha value is -1.34. The van der Waals surface area contributed by atoms with E-state index >= 15 is 0 Å². The molecule has 0 heterocycles. The van der Waals surface area contributed by atoms with Gasteiger partial charge in [-0.25, -0.2) is 0 Å². The highest BCUT2D eigenvalue weighted by Gasteiger charge is 2.03. The Morgan fingerprint density at radius 3 is 2.61 bits per heavy atom. The number of hydrogen-bond donors (Lipinski definition) is 0. The Morgan fingerprint density at radius 1 is 1.39 bits per heavy atom. The van der Waals surface area contributed by atoms with Gasteiger partial charge in [0.25, 0.3) is 0 Å². The van der Waals surface area contributed by atoms with Gasteiger partial charge in [-0.3, -0.25) is 4.79 Å². The van der Waals surface area contributed by atoms with Gasteiger partial charge in [0, 0.05) is 11.4 Å². The van der Waals surface area contributed by atoms with E-state index in [0.29, 0.717) is 12.3 Å². The molecule has 96 valence electrons. The van der Waals surface area contributed by atoms with Crippen molar-refractivity contribution in [3.05, 3.63) is 59.7 Å². The molecule has 0 saturated heterocycles. The number of allylic oxidation sites excluding steroid dienone is 3. The summed E-state index contributed by atoms with van der Waals surface area (Å²) in [5.74, 6) is 0.524. The number of ketones is 1. The number of carbonyl (C=O) groups excluding carboxylic acids is 1. The van der Waals surface area contributed by atoms with E-state index in [0.717, 1.165) is 17.9 Å². The molecule has 0 aliphatic carbocycles. The smallest absolute Gasteiger partial charge is 0.158 e. The second-order valence-corrected chi connectivity index (χ2v) is 4.74. The van der Waals surface area contributed by atoms with E-state index in [2.05, 4.69) is 19.6 Å². The van der Waals surface area contributed by atoms with Gasteiger partial charge in [0.15, 0.2) is 5.78 Å². The van der Waals surface area contributed by atoms with Crippen LogP contribution < -0.4 is 0 Å². The van der Waals surface area contributed by atoms with Crippen LogP contribution in [-0.2, 0) is 11.2 Å². The molecule has 0 aliphatic heterocycles. The molecule has 1 atom stereocenters. The molecular formula is C16H19ClO. The van der Waals surface area contributed by atoms with E-state index in [1.165, 1.54) is 11.6 Å². The fraction of sp³-hybridized carbons (Fsp3) is 0.312. The molecule has 2 heteroatoms. The minimum atomic E-state index is 0.0626. The van der Waals surface area contributed by atoms with Crippen LogP contribution in [0.25, 0.3) is 0 Å². The van der Waals surface area contributed by atoms with Crippen LogP contribution in [0.2, 0.25) is 5.02 Å². The SMILES string of the molecule is C=CC(=O)CC=CC(CC)Cc1ccc(Cl)cc1. The Labute approximate surface area is 114 Å². The number of carbonyl (C=O) groups is 1. The molecule has 1 rings (SSSR count). The third-order valence-electron chi connectivity index (χ3n) is 2.89. The number of rotatable bonds is 7. The molecule has 0 N–H and O–H groups in total. The quantitative estimate of drug-likeness (QED) is 0.518. The predicted octanol–water partition coefficient (Wildman–Crippen LogP) is 4.61. The van der Waals surface area contributed by atoms with Crippen molar-refractivity contribution in [2.45, 2.75) is 26.2 Å². The highest BCUT2D eigenvalue weighted by atomic mass is 35.5. The lowest BCUT2D eigenvalue weighted by atomic mass is 9.96. The molecule has 0 aliphatic rings. The molecule has 0 radical (unpaired) electrons. The highest BCUT2D eigenvalue weighted by molar-refractivity contribution is 6.30. The third kappa shape index (κ3) is 5.33. The largest absolute Gasteiger partial charge is 0.295 e. The zero-order valence-electron chi connectivity index (χ0n) is 10.7. The van der Waals surface area contributed by atoms with Crippen molar-refractivity contribution in [2.75, 3.05) is 0 Å². The summed E-state index contributed by atoms with van der Waals surface area (Å²) in [6, 6.07) is 7.92. The molecule has 1 aromatic carbocycles. The average Bonchev–Trinajstić information content (AvgIpc) is 2.39. The first-order valence-corrected chi connectivity index (χ1v) is 6.59. The normalized spacial score (nSPS) is 12.6. The molecule has 18 heavy (non-hydrogen) atoms. The summed E-state index contributed by atoms with van der Waals surface area (Å²) >= 11 is 5.86. The fourth-order valence-electron chi connectivity index (χ4n) is 1.73. The lowest BCUT2D eigenvalue weighted by Crippen LogP contribution is -2.00. The molecule has 0 bridgehead atoms. The van der Waals surface area contributed by atoms with E-state index in [-0.39, 0.29) is 5.78 Å². The van der Waals surface area contributed by atoms with Crippen molar-refractivity contribution < 1.29 is 4.79 Å². The second kappa shape index (κ2) is 7.88. The molecule has 0 fully saturated rings. The van der Waals surface area contributed by atoms with Crippen molar-refractivity contribution in [2.24, 2.45) is 5.92 Å². The number of halogens is 1. The summed E-state index contributed by atoms with van der Waals surface area (Å²) in [6.45, 7) is 5.61. The number of hydrogen-bond acceptors (Lipinski definition) is 1. The maximum Gasteiger partial charge on any atom is 0.158 e. The van der Waals surface area contributed by atoms with E-state index in [1.54, 1.807) is 0 Å². The summed E-state index contributed by atoms with van der Waals surface area (Å²) in [6.07, 6.45) is 7.91. The van der Waals surface area contributed by atoms with E-state index in [4.69, 9.17) is 11.6 Å². The monoisotopic (exact) mass is 262 g/mol. The Kier molecular flexibility index (Phi) is 6.45. The summed E-state index contributed by atoms with van der Waals surface area (Å²) in [7, 11) is 0. The van der Waals surface area contributed by atoms with Gasteiger partial charge in [0.2, 0.25) is 0 Å². The van der Waals surface area contributed by atoms with Gasteiger partial charge in [0.05, 0.1) is 0 Å². The van der Waals surface area contributed by atoms with Crippen LogP contribution in [0.15, 0.2) is 49.1 Å². The van der Waals surface area contributed by atoms with E-state index in [9.17, 15) is 4.79 Å². The van der Waals surface area contributed by atoms with Gasteiger partial charge in [-0.1, -0.05) is 49.4 Å². The van der Waals surface area contributed by atoms with Crippen LogP contribution in [0, 0.1) is 5.92 Å². The molecule has 0 spiro atoms. The van der Waals surface area contributed by atoms with Crippen LogP contribution in [0.1, 0.15) is 25.3 Å². The second-order valence-electron chi connectivity index (χ2n) is 4.30. The first kappa shape index (κ1) is 14.7. The standard InChI is InChI=1S/C16H19ClO/c1-3-13(6-5-7-16(18)4-2)12-14-8-10-15(17)11-9-14/h4-6,8-11,13H,2-3,7,12H2,1H3. The van der Waals surface area contributed by atoms with Crippen LogP contribution in [0.4, 0.5) is 0 Å². The molecule has 0 saturated carbocycles. The van der Waals surface area contributed by atoms with Crippen molar-refractivity contribution in [1.82, 2.24) is 0 Å². The molecular weight excluding hydrogens is 244 g/mol. The Morgan fingerprint density at radius 2 is 2.06 bits per heavy atom. The van der Waals surface area contributed by atoms with Gasteiger partial charge >= 0.3 is 0 Å².